The van der Waals surface area contributed by atoms with Gasteiger partial charge >= 0.3 is 0 Å². The molecule has 0 aliphatic heterocycles. The van der Waals surface area contributed by atoms with Gasteiger partial charge < -0.3 is 0 Å². The fourth-order valence-electron chi connectivity index (χ4n) is 0.633. The van der Waals surface area contributed by atoms with Crippen LogP contribution in [0.2, 0.25) is 0 Å². The zero-order valence-electron chi connectivity index (χ0n) is 5.44. The highest BCUT2D eigenvalue weighted by atomic mass is 79.9. The predicted molar refractivity (Wildman–Crippen MR) is 43.3 cm³/mol. The van der Waals surface area contributed by atoms with E-state index in [0.717, 1.165) is 12.1 Å². The average molecular weight is 220 g/mol. The maximum atomic E-state index is 12.7. The molecule has 0 spiro atoms. The van der Waals surface area contributed by atoms with E-state index in [0.29, 0.717) is 0 Å². The van der Waals surface area contributed by atoms with Gasteiger partial charge in [0.25, 0.3) is 0 Å². The lowest BCUT2D eigenvalue weighted by Crippen LogP contribution is -1.82. The Balaban J connectivity index is 3.31. The second-order valence-corrected chi connectivity index (χ2v) is 2.67. The van der Waals surface area contributed by atoms with Crippen molar-refractivity contribution < 1.29 is 8.78 Å². The second kappa shape index (κ2) is 3.09. The third-order valence-corrected chi connectivity index (χ3v) is 1.91. The Morgan fingerprint density at radius 2 is 1.73 bits per heavy atom. The van der Waals surface area contributed by atoms with Crippen LogP contribution >= 0.6 is 15.9 Å². The average Bonchev–Trinajstić information content (AvgIpc) is 1.99. The standard InChI is InChI=1S/C7H4BrF2N/c1-11-4-2-5(9)7(8)6(10)3-4/h2-3H,1H2. The zero-order chi connectivity index (χ0) is 8.43. The Morgan fingerprint density at radius 1 is 1.27 bits per heavy atom. The highest BCUT2D eigenvalue weighted by Crippen LogP contribution is 2.24. The first-order valence-corrected chi connectivity index (χ1v) is 3.55. The molecule has 0 bridgehead atoms. The van der Waals surface area contributed by atoms with Crippen LogP contribution in [-0.4, -0.2) is 6.72 Å². The second-order valence-electron chi connectivity index (χ2n) is 1.88. The van der Waals surface area contributed by atoms with Crippen molar-refractivity contribution in [2.24, 2.45) is 4.99 Å². The monoisotopic (exact) mass is 219 g/mol. The number of aliphatic imine (C=N–C) groups is 1. The smallest absolute Gasteiger partial charge is 0.142 e. The minimum atomic E-state index is -0.674. The molecule has 0 aromatic heterocycles. The van der Waals surface area contributed by atoms with Crippen LogP contribution in [0.15, 0.2) is 21.6 Å². The number of hydrogen-bond donors (Lipinski definition) is 0. The summed E-state index contributed by atoms with van der Waals surface area (Å²) in [5, 5.41) is 0. The summed E-state index contributed by atoms with van der Waals surface area (Å²) in [6.45, 7) is 3.14. The summed E-state index contributed by atoms with van der Waals surface area (Å²) in [6.07, 6.45) is 0. The molecule has 11 heavy (non-hydrogen) atoms. The van der Waals surface area contributed by atoms with E-state index in [-0.39, 0.29) is 10.2 Å². The molecule has 1 nitrogen and oxygen atoms in total. The molecule has 0 aliphatic rings. The van der Waals surface area contributed by atoms with Gasteiger partial charge in [0, 0.05) is 12.1 Å². The molecule has 4 heteroatoms. The van der Waals surface area contributed by atoms with E-state index in [1.165, 1.54) is 0 Å². The zero-order valence-corrected chi connectivity index (χ0v) is 7.03. The predicted octanol–water partition coefficient (Wildman–Crippen LogP) is 3.06. The van der Waals surface area contributed by atoms with Gasteiger partial charge in [-0.05, 0) is 22.6 Å². The van der Waals surface area contributed by atoms with Gasteiger partial charge in [0.15, 0.2) is 0 Å². The van der Waals surface area contributed by atoms with Gasteiger partial charge in [0.05, 0.1) is 10.2 Å². The summed E-state index contributed by atoms with van der Waals surface area (Å²) in [6, 6.07) is 2.19. The quantitative estimate of drug-likeness (QED) is 0.509. The van der Waals surface area contributed by atoms with Crippen molar-refractivity contribution in [1.29, 1.82) is 0 Å². The van der Waals surface area contributed by atoms with E-state index in [9.17, 15) is 8.78 Å². The largest absolute Gasteiger partial charge is 0.264 e. The third-order valence-electron chi connectivity index (χ3n) is 1.15. The molecular weight excluding hydrogens is 216 g/mol. The SMILES string of the molecule is C=Nc1cc(F)c(Br)c(F)c1. The number of nitrogens with zero attached hydrogens (tertiary/aromatic N) is 1. The first-order valence-electron chi connectivity index (χ1n) is 2.76. The molecular formula is C7H4BrF2N. The molecule has 1 rings (SSSR count). The van der Waals surface area contributed by atoms with Crippen molar-refractivity contribution in [3.05, 3.63) is 28.2 Å². The van der Waals surface area contributed by atoms with Gasteiger partial charge in [-0.25, -0.2) is 8.78 Å². The van der Waals surface area contributed by atoms with E-state index >= 15 is 0 Å². The van der Waals surface area contributed by atoms with Gasteiger partial charge in [-0.1, -0.05) is 0 Å². The minimum absolute atomic E-state index is 0.176. The summed E-state index contributed by atoms with van der Waals surface area (Å²) < 4.78 is 25.1. The van der Waals surface area contributed by atoms with Crippen LogP contribution in [0.25, 0.3) is 0 Å². The Kier molecular flexibility index (Phi) is 2.34. The van der Waals surface area contributed by atoms with Crippen LogP contribution in [0.4, 0.5) is 14.5 Å². The van der Waals surface area contributed by atoms with Crippen molar-refractivity contribution in [3.8, 4) is 0 Å². The molecule has 0 amide bonds. The molecule has 0 unspecified atom stereocenters. The number of halogens is 3. The summed E-state index contributed by atoms with van der Waals surface area (Å²) >= 11 is 2.73. The molecule has 0 fully saturated rings. The van der Waals surface area contributed by atoms with E-state index in [1.54, 1.807) is 0 Å². The Bertz CT molecular complexity index is 275. The first kappa shape index (κ1) is 8.33. The van der Waals surface area contributed by atoms with Crippen LogP contribution in [-0.2, 0) is 0 Å². The molecule has 0 N–H and O–H groups in total. The lowest BCUT2D eigenvalue weighted by atomic mass is 10.3. The summed E-state index contributed by atoms with van der Waals surface area (Å²) in [5.41, 5.74) is 0.184. The van der Waals surface area contributed by atoms with Crippen molar-refractivity contribution in [2.45, 2.75) is 0 Å². The third kappa shape index (κ3) is 1.63. The molecule has 1 aromatic carbocycles. The molecule has 58 valence electrons. The van der Waals surface area contributed by atoms with Crippen LogP contribution < -0.4 is 0 Å². The molecule has 0 aliphatic carbocycles. The Labute approximate surface area is 70.9 Å². The van der Waals surface area contributed by atoms with Crippen molar-refractivity contribution in [1.82, 2.24) is 0 Å². The molecule has 0 saturated carbocycles. The van der Waals surface area contributed by atoms with Gasteiger partial charge in [-0.15, -0.1) is 0 Å². The van der Waals surface area contributed by atoms with Crippen molar-refractivity contribution in [2.75, 3.05) is 0 Å². The van der Waals surface area contributed by atoms with Crippen molar-refractivity contribution in [3.63, 3.8) is 0 Å². The van der Waals surface area contributed by atoms with Gasteiger partial charge in [0.2, 0.25) is 0 Å². The van der Waals surface area contributed by atoms with Crippen molar-refractivity contribution >= 4 is 28.3 Å². The maximum Gasteiger partial charge on any atom is 0.142 e. The number of rotatable bonds is 1. The Hall–Kier alpha value is -0.770. The van der Waals surface area contributed by atoms with Gasteiger partial charge in [0.1, 0.15) is 11.6 Å². The molecule has 1 aromatic rings. The van der Waals surface area contributed by atoms with Gasteiger partial charge in [-0.2, -0.15) is 0 Å². The van der Waals surface area contributed by atoms with Crippen LogP contribution in [0.5, 0.6) is 0 Å². The van der Waals surface area contributed by atoms with Crippen LogP contribution in [0, 0.1) is 11.6 Å². The van der Waals surface area contributed by atoms with Crippen LogP contribution in [0.1, 0.15) is 0 Å². The van der Waals surface area contributed by atoms with Gasteiger partial charge in [-0.3, -0.25) is 4.99 Å². The molecule has 0 radical (unpaired) electrons. The topological polar surface area (TPSA) is 12.4 Å². The lowest BCUT2D eigenvalue weighted by Gasteiger charge is -1.97. The normalized spacial score (nSPS) is 9.73. The number of hydrogen-bond acceptors (Lipinski definition) is 1. The summed E-state index contributed by atoms with van der Waals surface area (Å²) in [4.78, 5) is 3.38. The molecule has 0 saturated heterocycles. The highest BCUT2D eigenvalue weighted by molar-refractivity contribution is 9.10. The first-order chi connectivity index (χ1) is 5.15. The summed E-state index contributed by atoms with van der Waals surface area (Å²) in [7, 11) is 0. The van der Waals surface area contributed by atoms with E-state index < -0.39 is 11.6 Å². The summed E-state index contributed by atoms with van der Waals surface area (Å²) in [5.74, 6) is -1.35. The van der Waals surface area contributed by atoms with E-state index in [2.05, 4.69) is 27.6 Å². The fourth-order valence-corrected chi connectivity index (χ4v) is 0.862. The maximum absolute atomic E-state index is 12.7. The lowest BCUT2D eigenvalue weighted by molar-refractivity contribution is 0.572. The molecule has 0 atom stereocenters. The highest BCUT2D eigenvalue weighted by Gasteiger charge is 2.06. The number of benzene rings is 1. The van der Waals surface area contributed by atoms with E-state index in [1.807, 2.05) is 0 Å². The van der Waals surface area contributed by atoms with E-state index in [4.69, 9.17) is 0 Å². The fraction of sp³-hybridized carbons (Fsp3) is 0. The molecule has 0 heterocycles. The Morgan fingerprint density at radius 3 is 2.09 bits per heavy atom. The minimum Gasteiger partial charge on any atom is -0.264 e. The van der Waals surface area contributed by atoms with Crippen LogP contribution in [0.3, 0.4) is 0 Å².